The number of anilines is 2. The first kappa shape index (κ1) is 26.8. The number of esters is 1. The van der Waals surface area contributed by atoms with Gasteiger partial charge >= 0.3 is 5.97 Å². The highest BCUT2D eigenvalue weighted by Gasteiger charge is 2.29. The minimum absolute atomic E-state index is 0.0740. The molecule has 1 aliphatic carbocycles. The summed E-state index contributed by atoms with van der Waals surface area (Å²) in [7, 11) is 0. The van der Waals surface area contributed by atoms with Crippen molar-refractivity contribution >= 4 is 22.9 Å². The largest absolute Gasteiger partial charge is 0.491 e. The van der Waals surface area contributed by atoms with E-state index < -0.39 is 0 Å². The highest BCUT2D eigenvalue weighted by Crippen LogP contribution is 2.45. The van der Waals surface area contributed by atoms with E-state index in [-0.39, 0.29) is 11.4 Å². The summed E-state index contributed by atoms with van der Waals surface area (Å²) in [6, 6.07) is 12.3. The third kappa shape index (κ3) is 6.48. The molecule has 0 atom stereocenters. The van der Waals surface area contributed by atoms with Crippen LogP contribution >= 0.6 is 0 Å². The highest BCUT2D eigenvalue weighted by molar-refractivity contribution is 5.90. The molecular formula is C31H43NO3. The fraction of sp³-hybridized carbons (Fsp3) is 0.516. The van der Waals surface area contributed by atoms with Crippen molar-refractivity contribution in [2.45, 2.75) is 85.5 Å². The quantitative estimate of drug-likeness (QED) is 0.227. The van der Waals surface area contributed by atoms with Gasteiger partial charge in [-0.1, -0.05) is 53.0 Å². The van der Waals surface area contributed by atoms with Crippen LogP contribution in [-0.4, -0.2) is 25.7 Å². The summed E-state index contributed by atoms with van der Waals surface area (Å²) in [5.74, 6) is 0.667. The van der Waals surface area contributed by atoms with Crippen LogP contribution in [0.4, 0.5) is 11.4 Å². The van der Waals surface area contributed by atoms with Crippen LogP contribution in [0, 0.1) is 0 Å². The predicted octanol–water partition coefficient (Wildman–Crippen LogP) is 8.46. The second kappa shape index (κ2) is 12.3. The van der Waals surface area contributed by atoms with Crippen molar-refractivity contribution in [2.24, 2.45) is 0 Å². The third-order valence-electron chi connectivity index (χ3n) is 6.86. The first-order chi connectivity index (χ1) is 16.8. The normalized spacial score (nSPS) is 14.2. The van der Waals surface area contributed by atoms with E-state index in [4.69, 9.17) is 9.47 Å². The maximum atomic E-state index is 12.2. The molecule has 0 unspecified atom stereocenters. The van der Waals surface area contributed by atoms with Gasteiger partial charge in [-0.3, -0.25) is 0 Å². The van der Waals surface area contributed by atoms with Crippen LogP contribution in [-0.2, 0) is 10.2 Å². The van der Waals surface area contributed by atoms with Crippen molar-refractivity contribution in [3.8, 4) is 5.75 Å². The Hall–Kier alpha value is -2.75. The Morgan fingerprint density at radius 2 is 1.74 bits per heavy atom. The lowest BCUT2D eigenvalue weighted by Gasteiger charge is -2.34. The van der Waals surface area contributed by atoms with Gasteiger partial charge in [0.05, 0.1) is 24.5 Å². The molecule has 4 nitrogen and oxygen atoms in total. The number of benzene rings is 2. The highest BCUT2D eigenvalue weighted by atomic mass is 16.5. The van der Waals surface area contributed by atoms with Gasteiger partial charge in [-0.05, 0) is 91.6 Å². The molecule has 190 valence electrons. The minimum Gasteiger partial charge on any atom is -0.491 e. The topological polar surface area (TPSA) is 38.8 Å². The molecule has 1 aliphatic rings. The maximum Gasteiger partial charge on any atom is 0.338 e. The summed E-state index contributed by atoms with van der Waals surface area (Å²) in [5.41, 5.74) is 6.78. The number of allylic oxidation sites excluding steroid dienone is 2. The monoisotopic (exact) mass is 477 g/mol. The van der Waals surface area contributed by atoms with Crippen molar-refractivity contribution in [3.05, 3.63) is 59.2 Å². The molecule has 35 heavy (non-hydrogen) atoms. The van der Waals surface area contributed by atoms with E-state index in [9.17, 15) is 4.79 Å². The smallest absolute Gasteiger partial charge is 0.338 e. The molecule has 0 fully saturated rings. The number of unbranched alkanes of at least 4 members (excludes halogenated alkanes) is 3. The lowest BCUT2D eigenvalue weighted by molar-refractivity contribution is 0.0526. The number of hydrogen-bond acceptors (Lipinski definition) is 4. The van der Waals surface area contributed by atoms with Crippen LogP contribution in [0.1, 0.15) is 102 Å². The molecule has 0 N–H and O–H groups in total. The Kier molecular flexibility index (Phi) is 9.42. The molecule has 0 saturated carbocycles. The van der Waals surface area contributed by atoms with E-state index >= 15 is 0 Å². The Bertz CT molecular complexity index is 1020. The molecule has 3 rings (SSSR count). The maximum absolute atomic E-state index is 12.2. The van der Waals surface area contributed by atoms with Gasteiger partial charge in [0.15, 0.2) is 0 Å². The molecule has 4 heteroatoms. The third-order valence-corrected chi connectivity index (χ3v) is 6.86. The molecule has 2 aromatic rings. The standard InChI is InChI=1S/C31H43NO3/c1-7-10-11-12-20-35-29-22-27-26(23(4)17-18-31(27,5)6)21-28(29)32(19-8-2)25-15-13-24(14-16-25)30(33)34-9-3/h13-17,21-22H,7-12,18-20H2,1-6H3. The molecule has 0 spiro atoms. The number of nitrogens with zero attached hydrogens (tertiary/aromatic N) is 1. The number of rotatable bonds is 12. The molecule has 0 radical (unpaired) electrons. The first-order valence-corrected chi connectivity index (χ1v) is 13.4. The molecule has 0 heterocycles. The number of carbonyl (C=O) groups is 1. The molecule has 0 saturated heterocycles. The predicted molar refractivity (Wildman–Crippen MR) is 147 cm³/mol. The van der Waals surface area contributed by atoms with Crippen LogP contribution in [0.3, 0.4) is 0 Å². The average molecular weight is 478 g/mol. The van der Waals surface area contributed by atoms with Gasteiger partial charge in [-0.2, -0.15) is 0 Å². The molecule has 2 aromatic carbocycles. The van der Waals surface area contributed by atoms with Crippen molar-refractivity contribution in [1.82, 2.24) is 0 Å². The van der Waals surface area contributed by atoms with Crippen LogP contribution in [0.15, 0.2) is 42.5 Å². The van der Waals surface area contributed by atoms with E-state index in [0.717, 1.165) is 49.5 Å². The lowest BCUT2D eigenvalue weighted by Crippen LogP contribution is -2.24. The summed E-state index contributed by atoms with van der Waals surface area (Å²) in [6.07, 6.45) is 9.10. The summed E-state index contributed by atoms with van der Waals surface area (Å²) < 4.78 is 11.7. The Morgan fingerprint density at radius 3 is 2.40 bits per heavy atom. The van der Waals surface area contributed by atoms with Gasteiger partial charge in [-0.15, -0.1) is 0 Å². The Morgan fingerprint density at radius 1 is 1.00 bits per heavy atom. The Labute approximate surface area is 212 Å². The van der Waals surface area contributed by atoms with Crippen molar-refractivity contribution in [2.75, 3.05) is 24.7 Å². The zero-order valence-electron chi connectivity index (χ0n) is 22.6. The van der Waals surface area contributed by atoms with Crippen LogP contribution in [0.25, 0.3) is 5.57 Å². The van der Waals surface area contributed by atoms with Crippen LogP contribution < -0.4 is 9.64 Å². The summed E-state index contributed by atoms with van der Waals surface area (Å²) >= 11 is 0. The minimum atomic E-state index is -0.283. The van der Waals surface area contributed by atoms with Gasteiger partial charge in [0.2, 0.25) is 0 Å². The number of fused-ring (bicyclic) bond motifs is 1. The van der Waals surface area contributed by atoms with Gasteiger partial charge < -0.3 is 14.4 Å². The van der Waals surface area contributed by atoms with Crippen molar-refractivity contribution in [3.63, 3.8) is 0 Å². The van der Waals surface area contributed by atoms with E-state index in [1.165, 1.54) is 36.0 Å². The van der Waals surface area contributed by atoms with Crippen LogP contribution in [0.2, 0.25) is 0 Å². The van der Waals surface area contributed by atoms with Crippen molar-refractivity contribution in [1.29, 1.82) is 0 Å². The zero-order chi connectivity index (χ0) is 25.4. The van der Waals surface area contributed by atoms with Crippen molar-refractivity contribution < 1.29 is 14.3 Å². The van der Waals surface area contributed by atoms with E-state index in [0.29, 0.717) is 12.2 Å². The second-order valence-corrected chi connectivity index (χ2v) is 10.2. The van der Waals surface area contributed by atoms with E-state index in [1.807, 2.05) is 31.2 Å². The summed E-state index contributed by atoms with van der Waals surface area (Å²) in [6.45, 7) is 15.1. The van der Waals surface area contributed by atoms with Gasteiger partial charge in [-0.25, -0.2) is 4.79 Å². The van der Waals surface area contributed by atoms with Gasteiger partial charge in [0.1, 0.15) is 5.75 Å². The lowest BCUT2D eigenvalue weighted by atomic mass is 9.73. The number of carbonyl (C=O) groups excluding carboxylic acids is 1. The Balaban J connectivity index is 2.03. The van der Waals surface area contributed by atoms with Crippen LogP contribution in [0.5, 0.6) is 5.75 Å². The molecule has 0 bridgehead atoms. The average Bonchev–Trinajstić information content (AvgIpc) is 2.85. The first-order valence-electron chi connectivity index (χ1n) is 13.4. The second-order valence-electron chi connectivity index (χ2n) is 10.2. The summed E-state index contributed by atoms with van der Waals surface area (Å²) in [4.78, 5) is 14.5. The molecule has 0 amide bonds. The fourth-order valence-electron chi connectivity index (χ4n) is 4.72. The SMILES string of the molecule is CCCCCCOc1cc2c(cc1N(CCC)c1ccc(C(=O)OCC)cc1)C(C)=CCC2(C)C. The number of ether oxygens (including phenoxy) is 2. The fourth-order valence-corrected chi connectivity index (χ4v) is 4.72. The van der Waals surface area contributed by atoms with E-state index in [1.54, 1.807) is 0 Å². The van der Waals surface area contributed by atoms with Gasteiger partial charge in [0.25, 0.3) is 0 Å². The molecule has 0 aliphatic heterocycles. The van der Waals surface area contributed by atoms with Gasteiger partial charge in [0, 0.05) is 12.2 Å². The molecular weight excluding hydrogens is 434 g/mol. The molecule has 0 aromatic heterocycles. The summed E-state index contributed by atoms with van der Waals surface area (Å²) in [5, 5.41) is 0. The number of hydrogen-bond donors (Lipinski definition) is 0. The van der Waals surface area contributed by atoms with E-state index in [2.05, 4.69) is 57.7 Å². The zero-order valence-corrected chi connectivity index (χ0v) is 22.6.